The predicted octanol–water partition coefficient (Wildman–Crippen LogP) is 3.56. The third kappa shape index (κ3) is 6.59. The summed E-state index contributed by atoms with van der Waals surface area (Å²) in [6.45, 7) is 1.95. The maximum absolute atomic E-state index is 13.6. The summed E-state index contributed by atoms with van der Waals surface area (Å²) in [5.74, 6) is 0.629. The highest BCUT2D eigenvalue weighted by atomic mass is 32.2. The van der Waals surface area contributed by atoms with E-state index in [9.17, 15) is 13.2 Å². The fraction of sp³-hybridized carbons (Fsp3) is 0.269. The molecule has 3 aromatic rings. The predicted molar refractivity (Wildman–Crippen MR) is 131 cm³/mol. The number of methoxy groups -OCH3 is 2. The van der Waals surface area contributed by atoms with E-state index in [1.165, 1.54) is 11.4 Å². The van der Waals surface area contributed by atoms with Gasteiger partial charge in [0.15, 0.2) is 0 Å². The van der Waals surface area contributed by atoms with Gasteiger partial charge in [-0.2, -0.15) is 4.31 Å². The second-order valence-electron chi connectivity index (χ2n) is 7.86. The molecule has 0 saturated heterocycles. The zero-order chi connectivity index (χ0) is 24.6. The lowest BCUT2D eigenvalue weighted by molar-refractivity contribution is -0.121. The van der Waals surface area contributed by atoms with Crippen LogP contribution >= 0.6 is 0 Å². The number of nitrogens with zero attached hydrogens (tertiary/aromatic N) is 1. The number of sulfonamides is 1. The standard InChI is InChI=1S/C26H30N2O5S/c1-20-9-14-24(33-3)25(17-20)34(30,31)28(18-22-7-5-4-6-8-22)19-26(29)27-16-15-21-10-12-23(32-2)13-11-21/h4-14,17H,15-16,18-19H2,1-3H3,(H,27,29). The summed E-state index contributed by atoms with van der Waals surface area (Å²) in [4.78, 5) is 12.8. The molecule has 0 fully saturated rings. The number of hydrogen-bond acceptors (Lipinski definition) is 5. The van der Waals surface area contributed by atoms with Crippen molar-refractivity contribution in [3.63, 3.8) is 0 Å². The van der Waals surface area contributed by atoms with Crippen LogP contribution in [0.5, 0.6) is 11.5 Å². The highest BCUT2D eigenvalue weighted by Crippen LogP contribution is 2.28. The summed E-state index contributed by atoms with van der Waals surface area (Å²) in [5, 5.41) is 2.83. The lowest BCUT2D eigenvalue weighted by atomic mass is 10.1. The van der Waals surface area contributed by atoms with Crippen LogP contribution in [0.3, 0.4) is 0 Å². The van der Waals surface area contributed by atoms with Gasteiger partial charge in [0.1, 0.15) is 16.4 Å². The molecule has 0 saturated carbocycles. The van der Waals surface area contributed by atoms with Crippen molar-refractivity contribution in [2.45, 2.75) is 24.8 Å². The molecule has 0 aliphatic rings. The average molecular weight is 483 g/mol. The van der Waals surface area contributed by atoms with E-state index in [2.05, 4.69) is 5.32 Å². The van der Waals surface area contributed by atoms with Gasteiger partial charge < -0.3 is 14.8 Å². The topological polar surface area (TPSA) is 84.9 Å². The summed E-state index contributed by atoms with van der Waals surface area (Å²) in [5.41, 5.74) is 2.60. The Hall–Kier alpha value is -3.36. The van der Waals surface area contributed by atoms with Crippen LogP contribution in [0.1, 0.15) is 16.7 Å². The molecule has 0 spiro atoms. The van der Waals surface area contributed by atoms with Crippen LogP contribution in [-0.2, 0) is 27.8 Å². The highest BCUT2D eigenvalue weighted by molar-refractivity contribution is 7.89. The van der Waals surface area contributed by atoms with E-state index in [0.29, 0.717) is 13.0 Å². The molecule has 1 amide bonds. The molecule has 3 rings (SSSR count). The maximum atomic E-state index is 13.6. The molecule has 1 N–H and O–H groups in total. The Morgan fingerprint density at radius 3 is 2.26 bits per heavy atom. The third-order valence-corrected chi connectivity index (χ3v) is 7.17. The van der Waals surface area contributed by atoms with Crippen LogP contribution in [0.15, 0.2) is 77.7 Å². The Bertz CT molecular complexity index is 1200. The first-order valence-corrected chi connectivity index (χ1v) is 12.4. The number of ether oxygens (including phenoxy) is 2. The third-order valence-electron chi connectivity index (χ3n) is 5.35. The minimum absolute atomic E-state index is 0.0389. The number of rotatable bonds is 11. The Kier molecular flexibility index (Phi) is 8.67. The first-order valence-electron chi connectivity index (χ1n) is 10.9. The van der Waals surface area contributed by atoms with Crippen LogP contribution < -0.4 is 14.8 Å². The van der Waals surface area contributed by atoms with E-state index >= 15 is 0 Å². The van der Waals surface area contributed by atoms with E-state index in [-0.39, 0.29) is 29.6 Å². The van der Waals surface area contributed by atoms with Crippen molar-refractivity contribution in [2.24, 2.45) is 0 Å². The summed E-state index contributed by atoms with van der Waals surface area (Å²) in [7, 11) is -0.975. The summed E-state index contributed by atoms with van der Waals surface area (Å²) < 4.78 is 38.9. The van der Waals surface area contributed by atoms with Gasteiger partial charge in [0, 0.05) is 13.1 Å². The maximum Gasteiger partial charge on any atom is 0.247 e. The molecule has 0 unspecified atom stereocenters. The van der Waals surface area contributed by atoms with Gasteiger partial charge in [-0.1, -0.05) is 48.5 Å². The van der Waals surface area contributed by atoms with Gasteiger partial charge >= 0.3 is 0 Å². The SMILES string of the molecule is COc1ccc(CCNC(=O)CN(Cc2ccccc2)S(=O)(=O)c2cc(C)ccc2OC)cc1. The van der Waals surface area contributed by atoms with Gasteiger partial charge in [-0.25, -0.2) is 8.42 Å². The fourth-order valence-corrected chi connectivity index (χ4v) is 5.12. The first-order chi connectivity index (χ1) is 16.3. The smallest absolute Gasteiger partial charge is 0.247 e. The Labute approximate surface area is 201 Å². The lowest BCUT2D eigenvalue weighted by Crippen LogP contribution is -2.41. The molecular weight excluding hydrogens is 452 g/mol. The molecule has 8 heteroatoms. The molecule has 0 bridgehead atoms. The molecule has 0 radical (unpaired) electrons. The van der Waals surface area contributed by atoms with Crippen molar-refractivity contribution < 1.29 is 22.7 Å². The van der Waals surface area contributed by atoms with Crippen LogP contribution in [0.4, 0.5) is 0 Å². The second kappa shape index (κ2) is 11.7. The van der Waals surface area contributed by atoms with Gasteiger partial charge in [0.05, 0.1) is 20.8 Å². The van der Waals surface area contributed by atoms with E-state index < -0.39 is 10.0 Å². The molecule has 3 aromatic carbocycles. The van der Waals surface area contributed by atoms with Crippen molar-refractivity contribution in [1.29, 1.82) is 0 Å². The van der Waals surface area contributed by atoms with Gasteiger partial charge in [-0.05, 0) is 54.3 Å². The molecule has 7 nitrogen and oxygen atoms in total. The number of carbonyl (C=O) groups is 1. The van der Waals surface area contributed by atoms with E-state index in [1.54, 1.807) is 25.3 Å². The molecule has 180 valence electrons. The van der Waals surface area contributed by atoms with E-state index in [0.717, 1.165) is 22.4 Å². The van der Waals surface area contributed by atoms with Crippen molar-refractivity contribution in [3.8, 4) is 11.5 Å². The zero-order valence-electron chi connectivity index (χ0n) is 19.7. The van der Waals surface area contributed by atoms with Gasteiger partial charge in [-0.3, -0.25) is 4.79 Å². The second-order valence-corrected chi connectivity index (χ2v) is 9.77. The van der Waals surface area contributed by atoms with Crippen molar-refractivity contribution >= 4 is 15.9 Å². The van der Waals surface area contributed by atoms with Crippen LogP contribution in [-0.4, -0.2) is 45.9 Å². The van der Waals surface area contributed by atoms with Crippen LogP contribution in [0.25, 0.3) is 0 Å². The summed E-state index contributed by atoms with van der Waals surface area (Å²) in [6, 6.07) is 21.7. The summed E-state index contributed by atoms with van der Waals surface area (Å²) in [6.07, 6.45) is 0.618. The highest BCUT2D eigenvalue weighted by Gasteiger charge is 2.30. The molecular formula is C26H30N2O5S. The minimum atomic E-state index is -4.01. The normalized spacial score (nSPS) is 11.3. The Morgan fingerprint density at radius 2 is 1.62 bits per heavy atom. The van der Waals surface area contributed by atoms with Gasteiger partial charge in [-0.15, -0.1) is 0 Å². The van der Waals surface area contributed by atoms with E-state index in [4.69, 9.17) is 9.47 Å². The lowest BCUT2D eigenvalue weighted by Gasteiger charge is -2.23. The van der Waals surface area contributed by atoms with Crippen molar-refractivity contribution in [2.75, 3.05) is 27.3 Å². The minimum Gasteiger partial charge on any atom is -0.497 e. The molecule has 0 atom stereocenters. The Balaban J connectivity index is 1.76. The monoisotopic (exact) mass is 482 g/mol. The quantitative estimate of drug-likeness (QED) is 0.452. The number of aryl methyl sites for hydroxylation is 1. The van der Waals surface area contributed by atoms with Gasteiger partial charge in [0.2, 0.25) is 15.9 Å². The van der Waals surface area contributed by atoms with Crippen molar-refractivity contribution in [1.82, 2.24) is 9.62 Å². The number of amides is 1. The number of benzene rings is 3. The zero-order valence-corrected chi connectivity index (χ0v) is 20.5. The molecule has 34 heavy (non-hydrogen) atoms. The Morgan fingerprint density at radius 1 is 0.912 bits per heavy atom. The first kappa shape index (κ1) is 25.3. The van der Waals surface area contributed by atoms with Gasteiger partial charge in [0.25, 0.3) is 0 Å². The molecule has 0 aliphatic carbocycles. The van der Waals surface area contributed by atoms with Crippen LogP contribution in [0.2, 0.25) is 0 Å². The molecule has 0 aliphatic heterocycles. The number of nitrogens with one attached hydrogen (secondary N) is 1. The largest absolute Gasteiger partial charge is 0.497 e. The summed E-state index contributed by atoms with van der Waals surface area (Å²) >= 11 is 0. The van der Waals surface area contributed by atoms with Crippen molar-refractivity contribution in [3.05, 3.63) is 89.5 Å². The molecule has 0 aromatic heterocycles. The van der Waals surface area contributed by atoms with Crippen LogP contribution in [0, 0.1) is 6.92 Å². The molecule has 0 heterocycles. The average Bonchev–Trinajstić information content (AvgIpc) is 2.84. The number of hydrogen-bond donors (Lipinski definition) is 1. The fourth-order valence-electron chi connectivity index (χ4n) is 3.49. The van der Waals surface area contributed by atoms with E-state index in [1.807, 2.05) is 61.5 Å². The number of carbonyl (C=O) groups excluding carboxylic acids is 1.